The maximum absolute atomic E-state index is 12.9. The number of nitro benzene ring substituents is 1. The molecule has 0 bridgehead atoms. The van der Waals surface area contributed by atoms with Crippen LogP contribution in [0, 0.1) is 10.1 Å². The number of nitro groups is 1. The number of nitrogens with one attached hydrogen (secondary N) is 1. The molecule has 1 fully saturated rings. The standard InChI is InChI=1S/C25H18ClN3O6S/c26-19-6-2-3-7-20(19)27-23(30)14-28-24(31)22(36-25(28)32)13-17-5-1-4-8-21(17)35-15-16-9-11-18(12-10-16)29(33)34/h1-13H,14-15H2,(H,27,30)/b22-13+. The molecule has 1 heterocycles. The maximum Gasteiger partial charge on any atom is 0.294 e. The summed E-state index contributed by atoms with van der Waals surface area (Å²) in [5, 5.41) is 13.2. The van der Waals surface area contributed by atoms with Crippen molar-refractivity contribution in [3.8, 4) is 5.75 Å². The van der Waals surface area contributed by atoms with Crippen molar-refractivity contribution in [1.82, 2.24) is 4.90 Å². The number of thioether (sulfide) groups is 1. The van der Waals surface area contributed by atoms with Crippen molar-refractivity contribution in [3.63, 3.8) is 0 Å². The van der Waals surface area contributed by atoms with E-state index >= 15 is 0 Å². The molecular formula is C25H18ClN3O6S. The number of hydrogen-bond acceptors (Lipinski definition) is 7. The van der Waals surface area contributed by atoms with Gasteiger partial charge in [-0.1, -0.05) is 41.9 Å². The van der Waals surface area contributed by atoms with E-state index in [0.29, 0.717) is 22.0 Å². The van der Waals surface area contributed by atoms with E-state index in [9.17, 15) is 24.5 Å². The van der Waals surface area contributed by atoms with Crippen LogP contribution in [0.15, 0.2) is 77.7 Å². The van der Waals surface area contributed by atoms with Crippen LogP contribution >= 0.6 is 23.4 Å². The van der Waals surface area contributed by atoms with Crippen molar-refractivity contribution < 1.29 is 24.0 Å². The summed E-state index contributed by atoms with van der Waals surface area (Å²) < 4.78 is 5.85. The first-order chi connectivity index (χ1) is 17.3. The zero-order valence-corrected chi connectivity index (χ0v) is 20.1. The Morgan fingerprint density at radius 1 is 1.06 bits per heavy atom. The number of carbonyl (C=O) groups is 3. The molecule has 0 saturated carbocycles. The number of rotatable bonds is 8. The van der Waals surface area contributed by atoms with Gasteiger partial charge in [-0.25, -0.2) is 0 Å². The van der Waals surface area contributed by atoms with Gasteiger partial charge in [-0.3, -0.25) is 29.4 Å². The Kier molecular flexibility index (Phi) is 7.67. The lowest BCUT2D eigenvalue weighted by Gasteiger charge is -2.13. The number of para-hydroxylation sites is 2. The molecule has 182 valence electrons. The van der Waals surface area contributed by atoms with Crippen LogP contribution in [0.4, 0.5) is 16.2 Å². The lowest BCUT2D eigenvalue weighted by Crippen LogP contribution is -2.36. The van der Waals surface area contributed by atoms with Crippen LogP contribution in [0.3, 0.4) is 0 Å². The Hall–Kier alpha value is -4.15. The molecule has 0 spiro atoms. The fourth-order valence-electron chi connectivity index (χ4n) is 3.28. The molecule has 1 saturated heterocycles. The first-order valence-corrected chi connectivity index (χ1v) is 11.8. The third-order valence-electron chi connectivity index (χ3n) is 5.07. The zero-order chi connectivity index (χ0) is 25.7. The topological polar surface area (TPSA) is 119 Å². The van der Waals surface area contributed by atoms with E-state index in [1.54, 1.807) is 60.7 Å². The molecule has 1 aliphatic rings. The largest absolute Gasteiger partial charge is 0.488 e. The fraction of sp³-hybridized carbons (Fsp3) is 0.0800. The number of imide groups is 1. The number of hydrogen-bond donors (Lipinski definition) is 1. The minimum absolute atomic E-state index is 0.0181. The van der Waals surface area contributed by atoms with Gasteiger partial charge in [0.05, 0.1) is 20.5 Å². The Labute approximate surface area is 214 Å². The van der Waals surface area contributed by atoms with Crippen LogP contribution in [0.1, 0.15) is 11.1 Å². The summed E-state index contributed by atoms with van der Waals surface area (Å²) >= 11 is 6.77. The van der Waals surface area contributed by atoms with Gasteiger partial charge in [0, 0.05) is 17.7 Å². The van der Waals surface area contributed by atoms with Gasteiger partial charge in [0.2, 0.25) is 5.91 Å². The zero-order valence-electron chi connectivity index (χ0n) is 18.5. The van der Waals surface area contributed by atoms with Crippen LogP contribution in [-0.4, -0.2) is 33.4 Å². The highest BCUT2D eigenvalue weighted by Crippen LogP contribution is 2.34. The van der Waals surface area contributed by atoms with Crippen molar-refractivity contribution >= 4 is 57.9 Å². The van der Waals surface area contributed by atoms with Crippen molar-refractivity contribution in [2.75, 3.05) is 11.9 Å². The second kappa shape index (κ2) is 11.1. The lowest BCUT2D eigenvalue weighted by atomic mass is 10.1. The predicted molar refractivity (Wildman–Crippen MR) is 137 cm³/mol. The van der Waals surface area contributed by atoms with Gasteiger partial charge >= 0.3 is 0 Å². The van der Waals surface area contributed by atoms with E-state index in [2.05, 4.69) is 5.32 Å². The summed E-state index contributed by atoms with van der Waals surface area (Å²) in [7, 11) is 0. The van der Waals surface area contributed by atoms with Gasteiger partial charge in [0.15, 0.2) is 0 Å². The molecule has 1 aliphatic heterocycles. The van der Waals surface area contributed by atoms with Crippen molar-refractivity contribution in [2.24, 2.45) is 0 Å². The molecule has 3 aromatic rings. The number of ether oxygens (including phenoxy) is 1. The fourth-order valence-corrected chi connectivity index (χ4v) is 4.29. The summed E-state index contributed by atoms with van der Waals surface area (Å²) in [6.45, 7) is -0.307. The molecule has 0 unspecified atom stereocenters. The second-order valence-corrected chi connectivity index (χ2v) is 8.95. The van der Waals surface area contributed by atoms with Gasteiger partial charge < -0.3 is 10.1 Å². The van der Waals surface area contributed by atoms with E-state index in [0.717, 1.165) is 22.2 Å². The summed E-state index contributed by atoms with van der Waals surface area (Å²) in [4.78, 5) is 49.1. The monoisotopic (exact) mass is 523 g/mol. The number of halogens is 1. The van der Waals surface area contributed by atoms with E-state index in [4.69, 9.17) is 16.3 Å². The van der Waals surface area contributed by atoms with Crippen molar-refractivity contribution in [2.45, 2.75) is 6.61 Å². The first kappa shape index (κ1) is 25.0. The quantitative estimate of drug-likeness (QED) is 0.235. The van der Waals surface area contributed by atoms with Gasteiger partial charge in [0.1, 0.15) is 18.9 Å². The third kappa shape index (κ3) is 5.91. The summed E-state index contributed by atoms with van der Waals surface area (Å²) in [5.41, 5.74) is 1.65. The third-order valence-corrected chi connectivity index (χ3v) is 6.31. The molecule has 0 radical (unpaired) electrons. The second-order valence-electron chi connectivity index (χ2n) is 7.55. The van der Waals surface area contributed by atoms with Gasteiger partial charge in [-0.2, -0.15) is 0 Å². The van der Waals surface area contributed by atoms with E-state index < -0.39 is 28.5 Å². The molecule has 0 aromatic heterocycles. The first-order valence-electron chi connectivity index (χ1n) is 10.6. The smallest absolute Gasteiger partial charge is 0.294 e. The number of carbonyl (C=O) groups excluding carboxylic acids is 3. The Morgan fingerprint density at radius 2 is 1.75 bits per heavy atom. The minimum Gasteiger partial charge on any atom is -0.488 e. The Balaban J connectivity index is 1.44. The highest BCUT2D eigenvalue weighted by Gasteiger charge is 2.36. The molecule has 11 heteroatoms. The molecule has 3 aromatic carbocycles. The molecule has 0 atom stereocenters. The van der Waals surface area contributed by atoms with Crippen molar-refractivity contribution in [1.29, 1.82) is 0 Å². The molecule has 36 heavy (non-hydrogen) atoms. The SMILES string of the molecule is O=C(CN1C(=O)S/C(=C/c2ccccc2OCc2ccc([N+](=O)[O-])cc2)C1=O)Nc1ccccc1Cl. The average Bonchev–Trinajstić information content (AvgIpc) is 3.12. The molecular weight excluding hydrogens is 506 g/mol. The van der Waals surface area contributed by atoms with Crippen LogP contribution in [0.2, 0.25) is 5.02 Å². The molecule has 1 N–H and O–H groups in total. The number of amides is 3. The van der Waals surface area contributed by atoms with Crippen LogP contribution in [0.25, 0.3) is 6.08 Å². The van der Waals surface area contributed by atoms with E-state index in [1.807, 2.05) is 0 Å². The number of non-ortho nitro benzene ring substituents is 1. The number of nitrogens with zero attached hydrogens (tertiary/aromatic N) is 2. The van der Waals surface area contributed by atoms with Crippen LogP contribution < -0.4 is 10.1 Å². The summed E-state index contributed by atoms with van der Waals surface area (Å²) in [6.07, 6.45) is 1.53. The Bertz CT molecular complexity index is 1380. The normalized spacial score (nSPS) is 14.2. The highest BCUT2D eigenvalue weighted by atomic mass is 35.5. The average molecular weight is 524 g/mol. The van der Waals surface area contributed by atoms with Gasteiger partial charge in [-0.15, -0.1) is 0 Å². The maximum atomic E-state index is 12.9. The van der Waals surface area contributed by atoms with Crippen LogP contribution in [0.5, 0.6) is 5.75 Å². The van der Waals surface area contributed by atoms with Gasteiger partial charge in [0.25, 0.3) is 16.8 Å². The number of anilines is 1. The predicted octanol–water partition coefficient (Wildman–Crippen LogP) is 5.50. The Morgan fingerprint density at radius 3 is 2.47 bits per heavy atom. The molecule has 4 rings (SSSR count). The van der Waals surface area contributed by atoms with Crippen molar-refractivity contribution in [3.05, 3.63) is 104 Å². The molecule has 0 aliphatic carbocycles. The highest BCUT2D eigenvalue weighted by molar-refractivity contribution is 8.18. The van der Waals surface area contributed by atoms with Crippen LogP contribution in [-0.2, 0) is 16.2 Å². The van der Waals surface area contributed by atoms with E-state index in [-0.39, 0.29) is 17.2 Å². The number of benzene rings is 3. The van der Waals surface area contributed by atoms with E-state index in [1.165, 1.54) is 18.2 Å². The molecule has 9 nitrogen and oxygen atoms in total. The minimum atomic E-state index is -0.593. The lowest BCUT2D eigenvalue weighted by molar-refractivity contribution is -0.384. The summed E-state index contributed by atoms with van der Waals surface area (Å²) in [6, 6.07) is 19.6. The molecule has 3 amide bonds. The van der Waals surface area contributed by atoms with Gasteiger partial charge in [-0.05, 0) is 53.7 Å². The summed E-state index contributed by atoms with van der Waals surface area (Å²) in [5.74, 6) is -0.693.